The summed E-state index contributed by atoms with van der Waals surface area (Å²) in [6.45, 7) is 3.28. The summed E-state index contributed by atoms with van der Waals surface area (Å²) in [7, 11) is 0. The molecule has 2 heterocycles. The van der Waals surface area contributed by atoms with Crippen LogP contribution in [0.1, 0.15) is 50.5 Å². The van der Waals surface area contributed by atoms with Gasteiger partial charge in [0.05, 0.1) is 12.5 Å². The smallest absolute Gasteiger partial charge is 0.228 e. The molecular weight excluding hydrogens is 386 g/mol. The van der Waals surface area contributed by atoms with Crippen molar-refractivity contribution in [3.8, 4) is 5.75 Å². The molecule has 1 atom stereocenters. The molecule has 164 valence electrons. The van der Waals surface area contributed by atoms with Crippen LogP contribution in [-0.2, 0) is 11.3 Å². The van der Waals surface area contributed by atoms with E-state index in [4.69, 9.17) is 4.74 Å². The fourth-order valence-corrected chi connectivity index (χ4v) is 4.70. The quantitative estimate of drug-likeness (QED) is 0.624. The van der Waals surface area contributed by atoms with E-state index in [9.17, 15) is 4.79 Å². The number of anilines is 1. The number of benzene rings is 1. The number of ether oxygens (including phenoxy) is 1. The van der Waals surface area contributed by atoms with Crippen molar-refractivity contribution in [2.24, 2.45) is 11.8 Å². The summed E-state index contributed by atoms with van der Waals surface area (Å²) < 4.78 is 5.93. The molecule has 5 nitrogen and oxygen atoms in total. The Hall–Kier alpha value is -2.56. The van der Waals surface area contributed by atoms with Crippen LogP contribution in [0.25, 0.3) is 0 Å². The second-order valence-corrected chi connectivity index (χ2v) is 9.42. The topological polar surface area (TPSA) is 45.7 Å². The molecule has 1 amide bonds. The molecule has 0 N–H and O–H groups in total. The van der Waals surface area contributed by atoms with E-state index >= 15 is 0 Å². The number of rotatable bonds is 8. The van der Waals surface area contributed by atoms with Gasteiger partial charge in [0.1, 0.15) is 11.6 Å². The Bertz CT molecular complexity index is 862. The Morgan fingerprint density at radius 2 is 1.87 bits per heavy atom. The van der Waals surface area contributed by atoms with Crippen LogP contribution in [0.15, 0.2) is 48.7 Å². The molecule has 1 saturated heterocycles. The van der Waals surface area contributed by atoms with Gasteiger partial charge in [0.25, 0.3) is 0 Å². The molecule has 0 radical (unpaired) electrons. The molecule has 2 aromatic rings. The molecule has 31 heavy (non-hydrogen) atoms. The minimum atomic E-state index is 0.0569. The van der Waals surface area contributed by atoms with Crippen LogP contribution in [0.3, 0.4) is 0 Å². The maximum Gasteiger partial charge on any atom is 0.228 e. The predicted molar refractivity (Wildman–Crippen MR) is 122 cm³/mol. The number of hydrogen-bond donors (Lipinski definition) is 0. The van der Waals surface area contributed by atoms with Crippen molar-refractivity contribution in [2.75, 3.05) is 24.6 Å². The number of hydrogen-bond acceptors (Lipinski definition) is 4. The molecule has 1 aliphatic heterocycles. The van der Waals surface area contributed by atoms with Crippen LogP contribution in [-0.4, -0.2) is 41.5 Å². The summed E-state index contributed by atoms with van der Waals surface area (Å²) >= 11 is 0. The lowest BCUT2D eigenvalue weighted by atomic mass is 9.86. The second-order valence-electron chi connectivity index (χ2n) is 9.42. The van der Waals surface area contributed by atoms with Crippen LogP contribution in [0.4, 0.5) is 5.82 Å². The summed E-state index contributed by atoms with van der Waals surface area (Å²) in [6.07, 6.45) is 10.0. The van der Waals surface area contributed by atoms with Gasteiger partial charge in [-0.25, -0.2) is 4.98 Å². The Labute approximate surface area is 185 Å². The zero-order chi connectivity index (χ0) is 21.0. The van der Waals surface area contributed by atoms with E-state index in [-0.39, 0.29) is 5.92 Å². The highest BCUT2D eigenvalue weighted by atomic mass is 16.5. The fourth-order valence-electron chi connectivity index (χ4n) is 4.70. The van der Waals surface area contributed by atoms with Gasteiger partial charge < -0.3 is 14.5 Å². The fraction of sp³-hybridized carbons (Fsp3) is 0.538. The number of amides is 1. The van der Waals surface area contributed by atoms with Gasteiger partial charge in [0.2, 0.25) is 5.91 Å². The van der Waals surface area contributed by atoms with Crippen LogP contribution in [0, 0.1) is 11.8 Å². The Kier molecular flexibility index (Phi) is 6.10. The van der Waals surface area contributed by atoms with E-state index in [1.54, 1.807) is 0 Å². The van der Waals surface area contributed by atoms with Crippen LogP contribution >= 0.6 is 0 Å². The number of carbonyl (C=O) groups excluding carboxylic acids is 1. The van der Waals surface area contributed by atoms with Gasteiger partial charge >= 0.3 is 0 Å². The average Bonchev–Trinajstić information content (AvgIpc) is 3.63. The number of piperidine rings is 1. The van der Waals surface area contributed by atoms with Crippen LogP contribution in [0.5, 0.6) is 5.75 Å². The number of nitrogens with zero attached hydrogens (tertiary/aromatic N) is 3. The summed E-state index contributed by atoms with van der Waals surface area (Å²) in [5.74, 6) is 3.03. The van der Waals surface area contributed by atoms with Crippen LogP contribution in [0.2, 0.25) is 0 Å². The number of carbonyl (C=O) groups is 1. The first-order valence-corrected chi connectivity index (χ1v) is 11.9. The second kappa shape index (κ2) is 9.29. The first kappa shape index (κ1) is 20.3. The third-order valence-corrected chi connectivity index (χ3v) is 7.00. The minimum absolute atomic E-state index is 0.0569. The molecule has 5 heteroatoms. The van der Waals surface area contributed by atoms with E-state index in [2.05, 4.69) is 39.0 Å². The third kappa shape index (κ3) is 5.03. The van der Waals surface area contributed by atoms with Crippen molar-refractivity contribution in [3.05, 3.63) is 54.2 Å². The van der Waals surface area contributed by atoms with Gasteiger partial charge in [-0.1, -0.05) is 24.6 Å². The summed E-state index contributed by atoms with van der Waals surface area (Å²) in [4.78, 5) is 22.4. The highest BCUT2D eigenvalue weighted by Crippen LogP contribution is 2.32. The number of pyridine rings is 1. The van der Waals surface area contributed by atoms with Crippen molar-refractivity contribution in [1.82, 2.24) is 9.88 Å². The average molecular weight is 420 g/mol. The van der Waals surface area contributed by atoms with Gasteiger partial charge in [0, 0.05) is 31.9 Å². The van der Waals surface area contributed by atoms with Crippen molar-refractivity contribution in [2.45, 2.75) is 57.5 Å². The van der Waals surface area contributed by atoms with Gasteiger partial charge in [-0.15, -0.1) is 0 Å². The van der Waals surface area contributed by atoms with Gasteiger partial charge in [-0.2, -0.15) is 0 Å². The van der Waals surface area contributed by atoms with Crippen molar-refractivity contribution >= 4 is 11.7 Å². The summed E-state index contributed by atoms with van der Waals surface area (Å²) in [6, 6.07) is 14.8. The summed E-state index contributed by atoms with van der Waals surface area (Å²) in [5.41, 5.74) is 1.19. The highest BCUT2D eigenvalue weighted by Gasteiger charge is 2.37. The van der Waals surface area contributed by atoms with E-state index in [0.717, 1.165) is 62.9 Å². The lowest BCUT2D eigenvalue weighted by Crippen LogP contribution is -2.45. The Morgan fingerprint density at radius 1 is 1.03 bits per heavy atom. The molecule has 3 fully saturated rings. The van der Waals surface area contributed by atoms with Gasteiger partial charge in [0.15, 0.2) is 0 Å². The zero-order valence-electron chi connectivity index (χ0n) is 18.3. The molecule has 2 saturated carbocycles. The molecule has 2 aliphatic carbocycles. The molecule has 1 aromatic carbocycles. The van der Waals surface area contributed by atoms with Crippen molar-refractivity contribution < 1.29 is 9.53 Å². The molecular formula is C26H33N3O2. The number of aromatic nitrogens is 1. The normalized spacial score (nSPS) is 21.4. The zero-order valence-corrected chi connectivity index (χ0v) is 18.3. The van der Waals surface area contributed by atoms with E-state index in [1.807, 2.05) is 24.4 Å². The molecule has 0 spiro atoms. The monoisotopic (exact) mass is 419 g/mol. The molecule has 0 bridgehead atoms. The van der Waals surface area contributed by atoms with E-state index in [1.165, 1.54) is 24.8 Å². The third-order valence-electron chi connectivity index (χ3n) is 7.00. The lowest BCUT2D eigenvalue weighted by Gasteiger charge is -2.35. The lowest BCUT2D eigenvalue weighted by molar-refractivity contribution is -0.137. The molecule has 1 aromatic heterocycles. The molecule has 3 aliphatic rings. The van der Waals surface area contributed by atoms with E-state index < -0.39 is 0 Å². The first-order valence-electron chi connectivity index (χ1n) is 11.9. The van der Waals surface area contributed by atoms with E-state index in [0.29, 0.717) is 18.5 Å². The van der Waals surface area contributed by atoms with Gasteiger partial charge in [-0.3, -0.25) is 4.79 Å². The van der Waals surface area contributed by atoms with Gasteiger partial charge in [-0.05, 0) is 74.3 Å². The van der Waals surface area contributed by atoms with Crippen molar-refractivity contribution in [3.63, 3.8) is 0 Å². The molecule has 0 unspecified atom stereocenters. The largest absolute Gasteiger partial charge is 0.493 e. The standard InChI is InChI=1S/C26H33N3O2/c30-26(22-7-4-16-28(18-22)25-8-1-2-15-27-25)29(23-11-12-23)17-20-9-13-24(14-10-20)31-19-21-5-3-6-21/h1-2,8-10,13-15,21-23H,3-7,11-12,16-19H2/t22-/m1/s1. The first-order chi connectivity index (χ1) is 15.3. The molecule has 5 rings (SSSR count). The highest BCUT2D eigenvalue weighted by molar-refractivity contribution is 5.80. The Balaban J connectivity index is 1.20. The summed E-state index contributed by atoms with van der Waals surface area (Å²) in [5, 5.41) is 0. The SMILES string of the molecule is O=C([C@@H]1CCCN(c2ccccn2)C1)N(Cc1ccc(OCC2CCC2)cc1)C1CC1. The van der Waals surface area contributed by atoms with Crippen LogP contribution < -0.4 is 9.64 Å². The maximum absolute atomic E-state index is 13.5. The Morgan fingerprint density at radius 3 is 2.55 bits per heavy atom. The predicted octanol–water partition coefficient (Wildman–Crippen LogP) is 4.67. The van der Waals surface area contributed by atoms with Crippen molar-refractivity contribution in [1.29, 1.82) is 0 Å². The minimum Gasteiger partial charge on any atom is -0.493 e. The maximum atomic E-state index is 13.5.